The van der Waals surface area contributed by atoms with E-state index in [1.807, 2.05) is 0 Å². The van der Waals surface area contributed by atoms with E-state index >= 15 is 0 Å². The zero-order chi connectivity index (χ0) is 21.2. The summed E-state index contributed by atoms with van der Waals surface area (Å²) in [4.78, 5) is 25.4. The van der Waals surface area contributed by atoms with Crippen molar-refractivity contribution in [3.63, 3.8) is 0 Å². The summed E-state index contributed by atoms with van der Waals surface area (Å²) in [5.74, 6) is -0.388. The van der Waals surface area contributed by atoms with Gasteiger partial charge in [-0.3, -0.25) is 4.79 Å². The van der Waals surface area contributed by atoms with Gasteiger partial charge < -0.3 is 15.3 Å². The van der Waals surface area contributed by atoms with Crippen molar-refractivity contribution >= 4 is 27.5 Å². The van der Waals surface area contributed by atoms with Crippen LogP contribution in [0.3, 0.4) is 0 Å². The monoisotopic (exact) mass is 417 g/mol. The second kappa shape index (κ2) is 8.22. The van der Waals surface area contributed by atoms with Crippen LogP contribution >= 0.6 is 0 Å². The number of hydrogen-bond acceptors (Lipinski definition) is 5. The van der Waals surface area contributed by atoms with E-state index in [-0.39, 0.29) is 48.6 Å². The molecule has 0 bridgehead atoms. The van der Waals surface area contributed by atoms with Gasteiger partial charge >= 0.3 is 6.03 Å². The fourth-order valence-electron chi connectivity index (χ4n) is 3.12. The Morgan fingerprint density at radius 3 is 2.38 bits per heavy atom. The lowest BCUT2D eigenvalue weighted by molar-refractivity contribution is 0.101. The van der Waals surface area contributed by atoms with Gasteiger partial charge in [0.05, 0.1) is 0 Å². The Morgan fingerprint density at radius 1 is 1.03 bits per heavy atom. The van der Waals surface area contributed by atoms with Crippen LogP contribution in [0.5, 0.6) is 5.75 Å². The molecule has 0 saturated carbocycles. The number of urea groups is 1. The van der Waals surface area contributed by atoms with E-state index in [9.17, 15) is 23.1 Å². The zero-order valence-electron chi connectivity index (χ0n) is 16.3. The number of aryl methyl sites for hydroxylation is 1. The molecule has 1 heterocycles. The number of anilines is 1. The Bertz CT molecular complexity index is 1040. The smallest absolute Gasteiger partial charge is 0.321 e. The number of phenolic OH excluding ortho intramolecular Hbond substituents is 1. The summed E-state index contributed by atoms with van der Waals surface area (Å²) in [7, 11) is -3.85. The molecule has 2 aromatic rings. The van der Waals surface area contributed by atoms with Gasteiger partial charge in [-0.15, -0.1) is 0 Å². The Balaban J connectivity index is 1.65. The van der Waals surface area contributed by atoms with Crippen molar-refractivity contribution in [1.82, 2.24) is 9.21 Å². The molecule has 0 aliphatic carbocycles. The maximum absolute atomic E-state index is 12.8. The highest BCUT2D eigenvalue weighted by Gasteiger charge is 2.32. The van der Waals surface area contributed by atoms with Crippen LogP contribution in [-0.4, -0.2) is 60.7 Å². The van der Waals surface area contributed by atoms with Crippen LogP contribution in [0.15, 0.2) is 47.4 Å². The van der Waals surface area contributed by atoms with Crippen molar-refractivity contribution in [3.05, 3.63) is 53.6 Å². The van der Waals surface area contributed by atoms with Crippen molar-refractivity contribution in [2.45, 2.75) is 18.7 Å². The minimum atomic E-state index is -3.85. The first-order chi connectivity index (χ1) is 13.7. The summed E-state index contributed by atoms with van der Waals surface area (Å²) in [6.45, 7) is 3.87. The number of rotatable bonds is 4. The standard InChI is InChI=1S/C20H23N3O5S/c1-14-6-7-18(25)19(12-14)29(27,28)23-10-8-22(9-11-23)20(26)21-17-5-3-4-16(13-17)15(2)24/h3-7,12-13,25H,8-11H2,1-2H3,(H,21,26). The molecule has 3 rings (SSSR count). The number of aromatic hydroxyl groups is 1. The average Bonchev–Trinajstić information content (AvgIpc) is 2.70. The molecule has 1 saturated heterocycles. The number of sulfonamides is 1. The van der Waals surface area contributed by atoms with Gasteiger partial charge in [-0.25, -0.2) is 13.2 Å². The van der Waals surface area contributed by atoms with E-state index in [0.717, 1.165) is 5.56 Å². The van der Waals surface area contributed by atoms with Crippen LogP contribution in [0.2, 0.25) is 0 Å². The number of hydrogen-bond donors (Lipinski definition) is 2. The van der Waals surface area contributed by atoms with Gasteiger partial charge in [0.15, 0.2) is 5.78 Å². The first-order valence-electron chi connectivity index (χ1n) is 9.15. The molecule has 2 aromatic carbocycles. The molecule has 0 radical (unpaired) electrons. The zero-order valence-corrected chi connectivity index (χ0v) is 17.1. The molecule has 29 heavy (non-hydrogen) atoms. The second-order valence-electron chi connectivity index (χ2n) is 6.93. The van der Waals surface area contributed by atoms with Gasteiger partial charge in [0, 0.05) is 37.4 Å². The first-order valence-corrected chi connectivity index (χ1v) is 10.6. The number of Topliss-reactive ketones (excluding diaryl/α,β-unsaturated/α-hetero) is 1. The van der Waals surface area contributed by atoms with Crippen molar-refractivity contribution in [3.8, 4) is 5.75 Å². The number of nitrogens with one attached hydrogen (secondary N) is 1. The van der Waals surface area contributed by atoms with E-state index < -0.39 is 10.0 Å². The van der Waals surface area contributed by atoms with E-state index in [4.69, 9.17) is 0 Å². The van der Waals surface area contributed by atoms with E-state index in [1.165, 1.54) is 28.3 Å². The molecule has 9 heteroatoms. The number of amides is 2. The highest BCUT2D eigenvalue weighted by molar-refractivity contribution is 7.89. The minimum absolute atomic E-state index is 0.0979. The molecule has 154 valence electrons. The third-order valence-corrected chi connectivity index (χ3v) is 6.71. The number of carbonyl (C=O) groups is 2. The number of piperazine rings is 1. The number of ketones is 1. The molecule has 1 fully saturated rings. The second-order valence-corrected chi connectivity index (χ2v) is 8.84. The van der Waals surface area contributed by atoms with E-state index in [0.29, 0.717) is 11.3 Å². The number of carbonyl (C=O) groups excluding carboxylic acids is 2. The van der Waals surface area contributed by atoms with Gasteiger partial charge in [0.2, 0.25) is 10.0 Å². The Labute approximate surface area is 169 Å². The molecule has 8 nitrogen and oxygen atoms in total. The van der Waals surface area contributed by atoms with Crippen molar-refractivity contribution in [1.29, 1.82) is 0 Å². The van der Waals surface area contributed by atoms with Crippen LogP contribution < -0.4 is 5.32 Å². The normalized spacial score (nSPS) is 15.2. The molecule has 0 aromatic heterocycles. The largest absolute Gasteiger partial charge is 0.507 e. The molecule has 0 atom stereocenters. The van der Waals surface area contributed by atoms with Crippen molar-refractivity contribution < 1.29 is 23.1 Å². The minimum Gasteiger partial charge on any atom is -0.507 e. The Hall–Kier alpha value is -2.91. The maximum Gasteiger partial charge on any atom is 0.321 e. The SMILES string of the molecule is CC(=O)c1cccc(NC(=O)N2CCN(S(=O)(=O)c3cc(C)ccc3O)CC2)c1. The molecular formula is C20H23N3O5S. The summed E-state index contributed by atoms with van der Waals surface area (Å²) < 4.78 is 27.0. The van der Waals surface area contributed by atoms with E-state index in [1.54, 1.807) is 37.3 Å². The molecule has 0 unspecified atom stereocenters. The molecule has 1 aliphatic rings. The average molecular weight is 417 g/mol. The highest BCUT2D eigenvalue weighted by atomic mass is 32.2. The van der Waals surface area contributed by atoms with Crippen LogP contribution in [0.1, 0.15) is 22.8 Å². The maximum atomic E-state index is 12.8. The lowest BCUT2D eigenvalue weighted by atomic mass is 10.1. The van der Waals surface area contributed by atoms with Crippen molar-refractivity contribution in [2.24, 2.45) is 0 Å². The predicted octanol–water partition coefficient (Wildman–Crippen LogP) is 2.44. The fraction of sp³-hybridized carbons (Fsp3) is 0.300. The van der Waals surface area contributed by atoms with Gasteiger partial charge in [0.25, 0.3) is 0 Å². The number of phenols is 1. The summed E-state index contributed by atoms with van der Waals surface area (Å²) in [5, 5.41) is 12.7. The molecular weight excluding hydrogens is 394 g/mol. The van der Waals surface area contributed by atoms with Crippen LogP contribution in [0.25, 0.3) is 0 Å². The molecule has 0 spiro atoms. The lowest BCUT2D eigenvalue weighted by Gasteiger charge is -2.34. The number of benzene rings is 2. The Kier molecular flexibility index (Phi) is 5.90. The third kappa shape index (κ3) is 4.57. The third-order valence-electron chi connectivity index (χ3n) is 4.78. The molecule has 1 aliphatic heterocycles. The first kappa shape index (κ1) is 20.8. The number of nitrogens with zero attached hydrogens (tertiary/aromatic N) is 2. The summed E-state index contributed by atoms with van der Waals surface area (Å²) in [6, 6.07) is 10.7. The van der Waals surface area contributed by atoms with E-state index in [2.05, 4.69) is 5.32 Å². The summed E-state index contributed by atoms with van der Waals surface area (Å²) in [6.07, 6.45) is 0. The summed E-state index contributed by atoms with van der Waals surface area (Å²) in [5.41, 5.74) is 1.73. The highest BCUT2D eigenvalue weighted by Crippen LogP contribution is 2.27. The lowest BCUT2D eigenvalue weighted by Crippen LogP contribution is -2.51. The fourth-order valence-corrected chi connectivity index (χ4v) is 4.71. The molecule has 2 amide bonds. The van der Waals surface area contributed by atoms with Gasteiger partial charge in [-0.05, 0) is 43.7 Å². The van der Waals surface area contributed by atoms with Crippen LogP contribution in [-0.2, 0) is 10.0 Å². The van der Waals surface area contributed by atoms with Crippen LogP contribution in [0, 0.1) is 6.92 Å². The topological polar surface area (TPSA) is 107 Å². The van der Waals surface area contributed by atoms with Gasteiger partial charge in [-0.1, -0.05) is 18.2 Å². The predicted molar refractivity (Wildman–Crippen MR) is 109 cm³/mol. The quantitative estimate of drug-likeness (QED) is 0.743. The summed E-state index contributed by atoms with van der Waals surface area (Å²) >= 11 is 0. The molecule has 2 N–H and O–H groups in total. The van der Waals surface area contributed by atoms with Gasteiger partial charge in [0.1, 0.15) is 10.6 Å². The van der Waals surface area contributed by atoms with Gasteiger partial charge in [-0.2, -0.15) is 4.31 Å². The Morgan fingerprint density at radius 2 is 1.72 bits per heavy atom. The van der Waals surface area contributed by atoms with Crippen LogP contribution in [0.4, 0.5) is 10.5 Å². The van der Waals surface area contributed by atoms with Crippen molar-refractivity contribution in [2.75, 3.05) is 31.5 Å².